The molecule has 5 nitrogen and oxygen atoms in total. The topological polar surface area (TPSA) is 68.2 Å². The lowest BCUT2D eigenvalue weighted by Gasteiger charge is -2.31. The number of amides is 1. The quantitative estimate of drug-likeness (QED) is 0.862. The third kappa shape index (κ3) is 4.85. The molecule has 0 radical (unpaired) electrons. The summed E-state index contributed by atoms with van der Waals surface area (Å²) < 4.78 is 0. The van der Waals surface area contributed by atoms with E-state index in [1.807, 2.05) is 0 Å². The van der Waals surface area contributed by atoms with E-state index < -0.39 is 0 Å². The molecule has 21 heavy (non-hydrogen) atoms. The Morgan fingerprint density at radius 2 is 2.24 bits per heavy atom. The molecule has 1 aromatic rings. The number of anilines is 1. The van der Waals surface area contributed by atoms with E-state index in [-0.39, 0.29) is 5.91 Å². The molecule has 1 amide bonds. The lowest BCUT2D eigenvalue weighted by Crippen LogP contribution is -2.44. The van der Waals surface area contributed by atoms with Gasteiger partial charge in [-0.1, -0.05) is 0 Å². The van der Waals surface area contributed by atoms with Crippen LogP contribution in [0.3, 0.4) is 0 Å². The maximum atomic E-state index is 11.9. The minimum absolute atomic E-state index is 0.00956. The Kier molecular flexibility index (Phi) is 5.73. The van der Waals surface area contributed by atoms with Crippen molar-refractivity contribution in [2.45, 2.75) is 25.3 Å². The van der Waals surface area contributed by atoms with Crippen molar-refractivity contribution in [1.82, 2.24) is 10.2 Å². The van der Waals surface area contributed by atoms with Crippen molar-refractivity contribution in [3.63, 3.8) is 0 Å². The molecule has 2 rings (SSSR count). The van der Waals surface area contributed by atoms with Gasteiger partial charge in [-0.15, -0.1) is 0 Å². The number of nitriles is 1. The highest BCUT2D eigenvalue weighted by Gasteiger charge is 2.17. The highest BCUT2D eigenvalue weighted by atomic mass is 16.1. The summed E-state index contributed by atoms with van der Waals surface area (Å²) in [6.07, 6.45) is 2.88. The number of hydrogen-bond acceptors (Lipinski definition) is 4. The van der Waals surface area contributed by atoms with Crippen molar-refractivity contribution in [3.8, 4) is 6.07 Å². The summed E-state index contributed by atoms with van der Waals surface area (Å²) in [6, 6.07) is 9.51. The van der Waals surface area contributed by atoms with Crippen LogP contribution in [0.1, 0.15) is 24.8 Å². The van der Waals surface area contributed by atoms with Crippen molar-refractivity contribution < 1.29 is 4.79 Å². The van der Waals surface area contributed by atoms with Crippen molar-refractivity contribution in [2.24, 2.45) is 0 Å². The first-order chi connectivity index (χ1) is 10.2. The normalized spacial score (nSPS) is 18.2. The third-order valence-corrected chi connectivity index (χ3v) is 3.88. The molecule has 0 spiro atoms. The zero-order valence-corrected chi connectivity index (χ0v) is 12.4. The van der Waals surface area contributed by atoms with Crippen LogP contribution < -0.4 is 10.6 Å². The minimum atomic E-state index is 0.00956. The lowest BCUT2D eigenvalue weighted by atomic mass is 10.1. The van der Waals surface area contributed by atoms with Crippen LogP contribution in [0, 0.1) is 11.3 Å². The largest absolute Gasteiger partial charge is 0.326 e. The van der Waals surface area contributed by atoms with Gasteiger partial charge in [0.15, 0.2) is 0 Å². The Morgan fingerprint density at radius 3 is 2.86 bits per heavy atom. The van der Waals surface area contributed by atoms with Gasteiger partial charge in [0.1, 0.15) is 0 Å². The third-order valence-electron chi connectivity index (χ3n) is 3.88. The number of piperidine rings is 1. The molecule has 1 fully saturated rings. The van der Waals surface area contributed by atoms with Gasteiger partial charge in [-0.25, -0.2) is 0 Å². The van der Waals surface area contributed by atoms with Crippen molar-refractivity contribution in [2.75, 3.05) is 32.0 Å². The summed E-state index contributed by atoms with van der Waals surface area (Å²) in [7, 11) is 2.08. The van der Waals surface area contributed by atoms with E-state index in [4.69, 9.17) is 5.26 Å². The molecule has 1 atom stereocenters. The second kappa shape index (κ2) is 7.77. The smallest absolute Gasteiger partial charge is 0.225 e. The number of carbonyl (C=O) groups excluding carboxylic acids is 1. The van der Waals surface area contributed by atoms with Gasteiger partial charge in [-0.05, 0) is 50.7 Å². The van der Waals surface area contributed by atoms with E-state index in [1.165, 1.54) is 12.8 Å². The predicted molar refractivity (Wildman–Crippen MR) is 82.9 cm³/mol. The van der Waals surface area contributed by atoms with E-state index in [2.05, 4.69) is 28.7 Å². The molecule has 1 aromatic carbocycles. The Hall–Kier alpha value is -1.90. The molecule has 1 unspecified atom stereocenters. The first kappa shape index (κ1) is 15.5. The molecular weight excluding hydrogens is 264 g/mol. The van der Waals surface area contributed by atoms with Gasteiger partial charge < -0.3 is 15.5 Å². The molecule has 1 aliphatic rings. The van der Waals surface area contributed by atoms with Crippen LogP contribution in [-0.4, -0.2) is 43.5 Å². The Balaban J connectivity index is 1.74. The molecule has 0 aromatic heterocycles. The highest BCUT2D eigenvalue weighted by molar-refractivity contribution is 5.90. The summed E-state index contributed by atoms with van der Waals surface area (Å²) in [5.41, 5.74) is 1.33. The maximum absolute atomic E-state index is 11.9. The van der Waals surface area contributed by atoms with E-state index in [0.717, 1.165) is 25.3 Å². The van der Waals surface area contributed by atoms with E-state index in [9.17, 15) is 4.79 Å². The molecular formula is C16H22N4O. The minimum Gasteiger partial charge on any atom is -0.326 e. The predicted octanol–water partition coefficient (Wildman–Crippen LogP) is 1.57. The number of rotatable bonds is 5. The fraction of sp³-hybridized carbons (Fsp3) is 0.500. The zero-order chi connectivity index (χ0) is 15.1. The van der Waals surface area contributed by atoms with Gasteiger partial charge in [0.25, 0.3) is 0 Å². The van der Waals surface area contributed by atoms with Crippen molar-refractivity contribution in [1.29, 1.82) is 5.26 Å². The molecule has 1 saturated heterocycles. The van der Waals surface area contributed by atoms with Crippen LogP contribution >= 0.6 is 0 Å². The Bertz CT molecular complexity index is 500. The van der Waals surface area contributed by atoms with Crippen LogP contribution in [0.5, 0.6) is 0 Å². The maximum Gasteiger partial charge on any atom is 0.225 e. The Labute approximate surface area is 125 Å². The van der Waals surface area contributed by atoms with Gasteiger partial charge >= 0.3 is 0 Å². The number of benzene rings is 1. The number of likely N-dealkylation sites (N-methyl/N-ethyl adjacent to an activating group) is 1. The molecule has 0 bridgehead atoms. The number of nitrogens with zero attached hydrogens (tertiary/aromatic N) is 2. The molecule has 2 N–H and O–H groups in total. The van der Waals surface area contributed by atoms with Gasteiger partial charge in [0, 0.05) is 31.2 Å². The van der Waals surface area contributed by atoms with Gasteiger partial charge in [-0.2, -0.15) is 5.26 Å². The molecule has 112 valence electrons. The van der Waals surface area contributed by atoms with E-state index >= 15 is 0 Å². The number of nitrogens with one attached hydrogen (secondary N) is 2. The second-order valence-electron chi connectivity index (χ2n) is 5.47. The van der Waals surface area contributed by atoms with Crippen LogP contribution in [-0.2, 0) is 4.79 Å². The molecule has 0 aliphatic carbocycles. The zero-order valence-electron chi connectivity index (χ0n) is 12.4. The second-order valence-corrected chi connectivity index (χ2v) is 5.47. The number of hydrogen-bond donors (Lipinski definition) is 2. The fourth-order valence-corrected chi connectivity index (χ4v) is 2.52. The van der Waals surface area contributed by atoms with E-state index in [0.29, 0.717) is 18.0 Å². The summed E-state index contributed by atoms with van der Waals surface area (Å²) >= 11 is 0. The van der Waals surface area contributed by atoms with Gasteiger partial charge in [-0.3, -0.25) is 4.79 Å². The SMILES string of the molecule is CN(CCC(=O)Nc1ccc(C#N)cc1)C1CCCNC1. The lowest BCUT2D eigenvalue weighted by molar-refractivity contribution is -0.116. The molecule has 1 aliphatic heterocycles. The van der Waals surface area contributed by atoms with Gasteiger partial charge in [0.2, 0.25) is 5.91 Å². The molecule has 0 saturated carbocycles. The van der Waals surface area contributed by atoms with Crippen LogP contribution in [0.25, 0.3) is 0 Å². The summed E-state index contributed by atoms with van der Waals surface area (Å²) in [5.74, 6) is 0.00956. The monoisotopic (exact) mass is 286 g/mol. The standard InChI is InChI=1S/C16H22N4O/c1-20(15-3-2-9-18-12-15)10-8-16(21)19-14-6-4-13(11-17)5-7-14/h4-7,15,18H,2-3,8-10,12H2,1H3,(H,19,21). The van der Waals surface area contributed by atoms with Crippen LogP contribution in [0.15, 0.2) is 24.3 Å². The van der Waals surface area contributed by atoms with Crippen molar-refractivity contribution >= 4 is 11.6 Å². The highest BCUT2D eigenvalue weighted by Crippen LogP contribution is 2.11. The average Bonchev–Trinajstić information content (AvgIpc) is 2.54. The first-order valence-electron chi connectivity index (χ1n) is 7.40. The summed E-state index contributed by atoms with van der Waals surface area (Å²) in [4.78, 5) is 14.2. The van der Waals surface area contributed by atoms with Crippen LogP contribution in [0.4, 0.5) is 5.69 Å². The molecule has 1 heterocycles. The average molecular weight is 286 g/mol. The summed E-state index contributed by atoms with van der Waals surface area (Å²) in [5, 5.41) is 15.0. The van der Waals surface area contributed by atoms with Crippen LogP contribution in [0.2, 0.25) is 0 Å². The number of carbonyl (C=O) groups is 1. The van der Waals surface area contributed by atoms with Gasteiger partial charge in [0.05, 0.1) is 11.6 Å². The first-order valence-corrected chi connectivity index (χ1v) is 7.40. The fourth-order valence-electron chi connectivity index (χ4n) is 2.52. The molecule has 5 heteroatoms. The van der Waals surface area contributed by atoms with E-state index in [1.54, 1.807) is 24.3 Å². The summed E-state index contributed by atoms with van der Waals surface area (Å²) in [6.45, 7) is 2.87. The van der Waals surface area contributed by atoms with Crippen molar-refractivity contribution in [3.05, 3.63) is 29.8 Å². The Morgan fingerprint density at radius 1 is 1.48 bits per heavy atom.